The standard InChI is InChI=1S/C20H19ClFNO4/c1-20(2,3)19(26)23-14-7-4-12(5-8-14)17(24)11-27-18(25)15-9-6-13(22)10-16(15)21/h4-10H,11H2,1-3H3,(H,23,26). The molecule has 27 heavy (non-hydrogen) atoms. The molecule has 1 N–H and O–H groups in total. The van der Waals surface area contributed by atoms with Crippen LogP contribution in [-0.2, 0) is 9.53 Å². The summed E-state index contributed by atoms with van der Waals surface area (Å²) in [6.07, 6.45) is 0. The third-order valence-electron chi connectivity index (χ3n) is 3.63. The van der Waals surface area contributed by atoms with Gasteiger partial charge in [0.1, 0.15) is 5.82 Å². The minimum atomic E-state index is -0.817. The number of carbonyl (C=O) groups excluding carboxylic acids is 3. The molecule has 5 nitrogen and oxygen atoms in total. The van der Waals surface area contributed by atoms with Crippen LogP contribution in [-0.4, -0.2) is 24.3 Å². The van der Waals surface area contributed by atoms with Crippen molar-refractivity contribution in [3.8, 4) is 0 Å². The summed E-state index contributed by atoms with van der Waals surface area (Å²) in [5.41, 5.74) is 0.319. The largest absolute Gasteiger partial charge is 0.454 e. The molecule has 0 atom stereocenters. The SMILES string of the molecule is CC(C)(C)C(=O)Nc1ccc(C(=O)COC(=O)c2ccc(F)cc2Cl)cc1. The first-order valence-electron chi connectivity index (χ1n) is 8.15. The van der Waals surface area contributed by atoms with Gasteiger partial charge in [0.2, 0.25) is 5.91 Å². The summed E-state index contributed by atoms with van der Waals surface area (Å²) < 4.78 is 17.9. The van der Waals surface area contributed by atoms with Gasteiger partial charge in [0.05, 0.1) is 10.6 Å². The third-order valence-corrected chi connectivity index (χ3v) is 3.94. The van der Waals surface area contributed by atoms with Crippen molar-refractivity contribution in [1.29, 1.82) is 0 Å². The van der Waals surface area contributed by atoms with Gasteiger partial charge in [-0.3, -0.25) is 9.59 Å². The van der Waals surface area contributed by atoms with Crippen LogP contribution in [0.4, 0.5) is 10.1 Å². The minimum absolute atomic E-state index is 0.0221. The number of anilines is 1. The van der Waals surface area contributed by atoms with Gasteiger partial charge in [-0.2, -0.15) is 0 Å². The predicted molar refractivity (Wildman–Crippen MR) is 101 cm³/mol. The number of amides is 1. The summed E-state index contributed by atoms with van der Waals surface area (Å²) in [7, 11) is 0. The number of Topliss-reactive ketones (excluding diaryl/α,β-unsaturated/α-hetero) is 1. The average Bonchev–Trinajstić information content (AvgIpc) is 2.59. The smallest absolute Gasteiger partial charge is 0.340 e. The van der Waals surface area contributed by atoms with Crippen LogP contribution in [0.15, 0.2) is 42.5 Å². The Labute approximate surface area is 161 Å². The number of benzene rings is 2. The lowest BCUT2D eigenvalue weighted by Gasteiger charge is -2.17. The van der Waals surface area contributed by atoms with Crippen molar-refractivity contribution < 1.29 is 23.5 Å². The highest BCUT2D eigenvalue weighted by atomic mass is 35.5. The Bertz CT molecular complexity index is 873. The van der Waals surface area contributed by atoms with E-state index in [0.717, 1.165) is 12.1 Å². The number of hydrogen-bond acceptors (Lipinski definition) is 4. The van der Waals surface area contributed by atoms with Crippen LogP contribution in [0, 0.1) is 11.2 Å². The van der Waals surface area contributed by atoms with Crippen molar-refractivity contribution in [1.82, 2.24) is 0 Å². The van der Waals surface area contributed by atoms with Crippen molar-refractivity contribution >= 4 is 34.9 Å². The molecule has 0 saturated carbocycles. The van der Waals surface area contributed by atoms with E-state index in [0.29, 0.717) is 11.3 Å². The molecule has 0 unspecified atom stereocenters. The quantitative estimate of drug-likeness (QED) is 0.601. The van der Waals surface area contributed by atoms with Crippen LogP contribution in [0.5, 0.6) is 0 Å². The van der Waals surface area contributed by atoms with Gasteiger partial charge in [0.25, 0.3) is 0 Å². The van der Waals surface area contributed by atoms with Crippen LogP contribution >= 0.6 is 11.6 Å². The van der Waals surface area contributed by atoms with Crippen molar-refractivity contribution in [2.24, 2.45) is 5.41 Å². The maximum atomic E-state index is 13.0. The Morgan fingerprint density at radius 1 is 1.07 bits per heavy atom. The van der Waals surface area contributed by atoms with E-state index in [4.69, 9.17) is 16.3 Å². The molecule has 7 heteroatoms. The van der Waals surface area contributed by atoms with E-state index in [9.17, 15) is 18.8 Å². The first kappa shape index (κ1) is 20.6. The molecule has 1 amide bonds. The van der Waals surface area contributed by atoms with Crippen molar-refractivity contribution in [3.05, 3.63) is 64.4 Å². The fourth-order valence-corrected chi connectivity index (χ4v) is 2.25. The maximum Gasteiger partial charge on any atom is 0.340 e. The first-order chi connectivity index (χ1) is 12.6. The molecule has 0 spiro atoms. The highest BCUT2D eigenvalue weighted by Gasteiger charge is 2.21. The summed E-state index contributed by atoms with van der Waals surface area (Å²) in [6, 6.07) is 9.50. The Balaban J connectivity index is 1.96. The van der Waals surface area contributed by atoms with E-state index >= 15 is 0 Å². The van der Waals surface area contributed by atoms with E-state index in [1.165, 1.54) is 18.2 Å². The number of ether oxygens (including phenoxy) is 1. The van der Waals surface area contributed by atoms with Gasteiger partial charge in [-0.05, 0) is 42.5 Å². The van der Waals surface area contributed by atoms with Gasteiger partial charge in [0.15, 0.2) is 12.4 Å². The zero-order valence-electron chi connectivity index (χ0n) is 15.1. The lowest BCUT2D eigenvalue weighted by Crippen LogP contribution is -2.27. The highest BCUT2D eigenvalue weighted by Crippen LogP contribution is 2.19. The van der Waals surface area contributed by atoms with E-state index < -0.39 is 29.6 Å². The highest BCUT2D eigenvalue weighted by molar-refractivity contribution is 6.33. The molecular formula is C20H19ClFNO4. The molecule has 0 bridgehead atoms. The first-order valence-corrected chi connectivity index (χ1v) is 8.52. The Morgan fingerprint density at radius 2 is 1.70 bits per heavy atom. The third kappa shape index (κ3) is 5.62. The number of carbonyl (C=O) groups is 3. The molecule has 0 heterocycles. The predicted octanol–water partition coefficient (Wildman–Crippen LogP) is 4.50. The van der Waals surface area contributed by atoms with E-state index in [-0.39, 0.29) is 16.5 Å². The van der Waals surface area contributed by atoms with Gasteiger partial charge in [0, 0.05) is 16.7 Å². The number of ketones is 1. The summed E-state index contributed by atoms with van der Waals surface area (Å²) in [5, 5.41) is 2.66. The summed E-state index contributed by atoms with van der Waals surface area (Å²) >= 11 is 5.79. The van der Waals surface area contributed by atoms with Gasteiger partial charge < -0.3 is 10.1 Å². The molecule has 2 rings (SSSR count). The molecule has 0 fully saturated rings. The van der Waals surface area contributed by atoms with Crippen LogP contribution in [0.2, 0.25) is 5.02 Å². The molecule has 0 aliphatic carbocycles. The molecule has 0 aliphatic heterocycles. The van der Waals surface area contributed by atoms with E-state index in [2.05, 4.69) is 5.32 Å². The normalized spacial score (nSPS) is 11.0. The second kappa shape index (κ2) is 8.31. The average molecular weight is 392 g/mol. The number of nitrogens with one attached hydrogen (secondary N) is 1. The number of rotatable bonds is 5. The number of halogens is 2. The van der Waals surface area contributed by atoms with Crippen molar-refractivity contribution in [2.45, 2.75) is 20.8 Å². The van der Waals surface area contributed by atoms with Crippen LogP contribution in [0.3, 0.4) is 0 Å². The molecule has 142 valence electrons. The second-order valence-electron chi connectivity index (χ2n) is 6.90. The molecular weight excluding hydrogens is 373 g/mol. The van der Waals surface area contributed by atoms with Crippen LogP contribution in [0.25, 0.3) is 0 Å². The van der Waals surface area contributed by atoms with E-state index in [1.54, 1.807) is 32.9 Å². The number of hydrogen-bond donors (Lipinski definition) is 1. The molecule has 0 radical (unpaired) electrons. The zero-order chi connectivity index (χ0) is 20.2. The van der Waals surface area contributed by atoms with Crippen molar-refractivity contribution in [2.75, 3.05) is 11.9 Å². The Hall–Kier alpha value is -2.73. The molecule has 0 aromatic heterocycles. The van der Waals surface area contributed by atoms with Gasteiger partial charge in [-0.1, -0.05) is 32.4 Å². The topological polar surface area (TPSA) is 72.5 Å². The van der Waals surface area contributed by atoms with Crippen LogP contribution < -0.4 is 5.32 Å². The van der Waals surface area contributed by atoms with Gasteiger partial charge in [-0.15, -0.1) is 0 Å². The second-order valence-corrected chi connectivity index (χ2v) is 7.31. The summed E-state index contributed by atoms with van der Waals surface area (Å²) in [5.74, 6) is -1.96. The fourth-order valence-electron chi connectivity index (χ4n) is 2.01. The monoisotopic (exact) mass is 391 g/mol. The maximum absolute atomic E-state index is 13.0. The lowest BCUT2D eigenvalue weighted by molar-refractivity contribution is -0.123. The lowest BCUT2D eigenvalue weighted by atomic mass is 9.95. The summed E-state index contributed by atoms with van der Waals surface area (Å²) in [4.78, 5) is 36.1. The Kier molecular flexibility index (Phi) is 6.33. The fraction of sp³-hybridized carbons (Fsp3) is 0.250. The summed E-state index contributed by atoms with van der Waals surface area (Å²) in [6.45, 7) is 4.89. The van der Waals surface area contributed by atoms with Gasteiger partial charge >= 0.3 is 5.97 Å². The van der Waals surface area contributed by atoms with Crippen LogP contribution in [0.1, 0.15) is 41.5 Å². The minimum Gasteiger partial charge on any atom is -0.454 e. The van der Waals surface area contributed by atoms with Crippen molar-refractivity contribution in [3.63, 3.8) is 0 Å². The molecule has 2 aromatic carbocycles. The number of esters is 1. The molecule has 0 aliphatic rings. The van der Waals surface area contributed by atoms with E-state index in [1.807, 2.05) is 0 Å². The molecule has 0 saturated heterocycles. The Morgan fingerprint density at radius 3 is 2.26 bits per heavy atom. The zero-order valence-corrected chi connectivity index (χ0v) is 15.9. The molecule has 2 aromatic rings. The van der Waals surface area contributed by atoms with Gasteiger partial charge in [-0.25, -0.2) is 9.18 Å².